The van der Waals surface area contributed by atoms with Crippen molar-refractivity contribution in [2.24, 2.45) is 5.41 Å². The number of rotatable bonds is 6. The maximum atomic E-state index is 12.2. The number of nitrogens with one attached hydrogen (secondary N) is 3. The lowest BCUT2D eigenvalue weighted by Crippen LogP contribution is -2.43. The van der Waals surface area contributed by atoms with Gasteiger partial charge in [-0.1, -0.05) is 31.5 Å². The second kappa shape index (κ2) is 9.14. The summed E-state index contributed by atoms with van der Waals surface area (Å²) in [5.41, 5.74) is 4.87. The summed E-state index contributed by atoms with van der Waals surface area (Å²) in [5.74, 6) is -1.13. The van der Waals surface area contributed by atoms with Crippen LogP contribution < -0.4 is 16.2 Å². The van der Waals surface area contributed by atoms with Crippen LogP contribution in [-0.4, -0.2) is 22.7 Å². The highest BCUT2D eigenvalue weighted by Crippen LogP contribution is 2.25. The number of amides is 3. The molecule has 0 fully saturated rings. The molecule has 7 nitrogen and oxygen atoms in total. The van der Waals surface area contributed by atoms with E-state index in [9.17, 15) is 14.4 Å². The summed E-state index contributed by atoms with van der Waals surface area (Å²) < 4.78 is 0. The van der Waals surface area contributed by atoms with E-state index in [0.717, 1.165) is 0 Å². The summed E-state index contributed by atoms with van der Waals surface area (Å²) in [6.45, 7) is 3.60. The van der Waals surface area contributed by atoms with Crippen LogP contribution in [-0.2, 0) is 9.59 Å². The largest absolute Gasteiger partial charge is 0.326 e. The van der Waals surface area contributed by atoms with Crippen molar-refractivity contribution in [1.82, 2.24) is 15.8 Å². The lowest BCUT2D eigenvalue weighted by Gasteiger charge is -2.23. The first-order valence-corrected chi connectivity index (χ1v) is 8.69. The van der Waals surface area contributed by atoms with Crippen molar-refractivity contribution < 1.29 is 14.4 Å². The lowest BCUT2D eigenvalue weighted by molar-refractivity contribution is -0.124. The van der Waals surface area contributed by atoms with E-state index in [1.807, 2.05) is 0 Å². The number of pyridine rings is 1. The van der Waals surface area contributed by atoms with Crippen molar-refractivity contribution in [2.75, 3.05) is 5.32 Å². The summed E-state index contributed by atoms with van der Waals surface area (Å²) in [6, 6.07) is 11.7. The molecule has 8 heteroatoms. The average molecular weight is 389 g/mol. The van der Waals surface area contributed by atoms with Gasteiger partial charge in [0, 0.05) is 29.7 Å². The van der Waals surface area contributed by atoms with Gasteiger partial charge in [-0.3, -0.25) is 30.2 Å². The van der Waals surface area contributed by atoms with E-state index in [1.165, 1.54) is 12.3 Å². The molecule has 0 bridgehead atoms. The Labute approximate surface area is 162 Å². The van der Waals surface area contributed by atoms with Crippen LogP contribution in [0.4, 0.5) is 5.69 Å². The van der Waals surface area contributed by atoms with E-state index in [1.54, 1.807) is 50.2 Å². The average Bonchev–Trinajstić information content (AvgIpc) is 2.61. The molecular formula is C19H21ClN4O3. The van der Waals surface area contributed by atoms with Crippen molar-refractivity contribution >= 4 is 35.0 Å². The third kappa shape index (κ3) is 7.07. The van der Waals surface area contributed by atoms with Gasteiger partial charge >= 0.3 is 0 Å². The fourth-order valence-corrected chi connectivity index (χ4v) is 2.53. The minimum atomic E-state index is -0.601. The fraction of sp³-hybridized carbons (Fsp3) is 0.263. The number of carbonyl (C=O) groups excluding carboxylic acids is 3. The topological polar surface area (TPSA) is 100 Å². The maximum absolute atomic E-state index is 12.2. The number of carbonyl (C=O) groups is 3. The maximum Gasteiger partial charge on any atom is 0.288 e. The van der Waals surface area contributed by atoms with Gasteiger partial charge in [-0.2, -0.15) is 0 Å². The highest BCUT2D eigenvalue weighted by Gasteiger charge is 2.25. The molecule has 0 aliphatic rings. The molecule has 3 N–H and O–H groups in total. The second-order valence-corrected chi connectivity index (χ2v) is 7.23. The van der Waals surface area contributed by atoms with Gasteiger partial charge in [-0.15, -0.1) is 0 Å². The number of anilines is 1. The van der Waals surface area contributed by atoms with Crippen LogP contribution >= 0.6 is 11.6 Å². The molecule has 0 aliphatic carbocycles. The lowest BCUT2D eigenvalue weighted by atomic mass is 9.85. The first-order valence-electron chi connectivity index (χ1n) is 8.31. The normalized spacial score (nSPS) is 10.8. The Morgan fingerprint density at radius 3 is 2.26 bits per heavy atom. The summed E-state index contributed by atoms with van der Waals surface area (Å²) in [6.07, 6.45) is 1.68. The Kier molecular flexibility index (Phi) is 6.90. The molecule has 2 aromatic rings. The smallest absolute Gasteiger partial charge is 0.288 e. The van der Waals surface area contributed by atoms with Crippen molar-refractivity contribution in [2.45, 2.75) is 26.7 Å². The molecule has 2 rings (SSSR count). The minimum Gasteiger partial charge on any atom is -0.326 e. The van der Waals surface area contributed by atoms with E-state index < -0.39 is 17.2 Å². The Hall–Kier alpha value is -2.93. The number of halogens is 1. The van der Waals surface area contributed by atoms with Gasteiger partial charge in [0.1, 0.15) is 5.69 Å². The molecule has 1 heterocycles. The van der Waals surface area contributed by atoms with Crippen molar-refractivity contribution in [1.29, 1.82) is 0 Å². The van der Waals surface area contributed by atoms with Gasteiger partial charge in [-0.05, 0) is 41.8 Å². The van der Waals surface area contributed by atoms with Gasteiger partial charge < -0.3 is 5.32 Å². The van der Waals surface area contributed by atoms with Gasteiger partial charge in [0.05, 0.1) is 0 Å². The fourth-order valence-electron chi connectivity index (χ4n) is 2.40. The number of hydrogen-bond donors (Lipinski definition) is 3. The van der Waals surface area contributed by atoms with Crippen molar-refractivity contribution in [3.63, 3.8) is 0 Å². The quantitative estimate of drug-likeness (QED) is 0.662. The summed E-state index contributed by atoms with van der Waals surface area (Å²) in [4.78, 5) is 40.0. The first kappa shape index (κ1) is 20.4. The molecule has 0 saturated heterocycles. The Morgan fingerprint density at radius 1 is 0.963 bits per heavy atom. The SMILES string of the molecule is CC(C)(CC(=O)NNC(=O)c1ccccn1)CC(=O)Nc1ccc(Cl)cc1. The van der Waals surface area contributed by atoms with Gasteiger partial charge in [-0.25, -0.2) is 0 Å². The highest BCUT2D eigenvalue weighted by molar-refractivity contribution is 6.30. The molecule has 0 aliphatic heterocycles. The van der Waals surface area contributed by atoms with E-state index in [-0.39, 0.29) is 24.4 Å². The van der Waals surface area contributed by atoms with E-state index in [0.29, 0.717) is 10.7 Å². The molecular weight excluding hydrogens is 368 g/mol. The van der Waals surface area contributed by atoms with E-state index in [4.69, 9.17) is 11.6 Å². The zero-order chi connectivity index (χ0) is 19.9. The molecule has 3 amide bonds. The number of benzene rings is 1. The third-order valence-electron chi connectivity index (χ3n) is 3.62. The van der Waals surface area contributed by atoms with Crippen LogP contribution in [0.15, 0.2) is 48.7 Å². The minimum absolute atomic E-state index is 0.0591. The monoisotopic (exact) mass is 388 g/mol. The van der Waals surface area contributed by atoms with Crippen LogP contribution in [0.3, 0.4) is 0 Å². The molecule has 0 atom stereocenters. The summed E-state index contributed by atoms with van der Waals surface area (Å²) in [5, 5.41) is 3.34. The molecule has 27 heavy (non-hydrogen) atoms. The number of hydrazine groups is 1. The molecule has 0 radical (unpaired) electrons. The Morgan fingerprint density at radius 2 is 1.63 bits per heavy atom. The zero-order valence-corrected chi connectivity index (χ0v) is 15.8. The predicted octanol–water partition coefficient (Wildman–Crippen LogP) is 2.94. The summed E-state index contributed by atoms with van der Waals surface area (Å²) >= 11 is 5.81. The number of hydrogen-bond acceptors (Lipinski definition) is 4. The van der Waals surface area contributed by atoms with Crippen LogP contribution in [0.2, 0.25) is 5.02 Å². The number of nitrogens with zero attached hydrogens (tertiary/aromatic N) is 1. The second-order valence-electron chi connectivity index (χ2n) is 6.79. The predicted molar refractivity (Wildman–Crippen MR) is 103 cm³/mol. The van der Waals surface area contributed by atoms with Gasteiger partial charge in [0.25, 0.3) is 5.91 Å². The van der Waals surface area contributed by atoms with Crippen LogP contribution in [0.1, 0.15) is 37.2 Å². The Bertz CT molecular complexity index is 807. The standard InChI is InChI=1S/C19H21ClN4O3/c1-19(2,11-16(25)22-14-8-6-13(20)7-9-14)12-17(26)23-24-18(27)15-5-3-4-10-21-15/h3-10H,11-12H2,1-2H3,(H,22,25)(H,23,26)(H,24,27). The third-order valence-corrected chi connectivity index (χ3v) is 3.87. The van der Waals surface area contributed by atoms with Crippen LogP contribution in [0.25, 0.3) is 0 Å². The molecule has 142 valence electrons. The molecule has 0 saturated carbocycles. The molecule has 1 aromatic carbocycles. The van der Waals surface area contributed by atoms with E-state index >= 15 is 0 Å². The molecule has 0 unspecified atom stereocenters. The highest BCUT2D eigenvalue weighted by atomic mass is 35.5. The first-order chi connectivity index (χ1) is 12.7. The van der Waals surface area contributed by atoms with Gasteiger partial charge in [0.2, 0.25) is 11.8 Å². The molecule has 1 aromatic heterocycles. The van der Waals surface area contributed by atoms with E-state index in [2.05, 4.69) is 21.2 Å². The van der Waals surface area contributed by atoms with Crippen LogP contribution in [0.5, 0.6) is 0 Å². The molecule has 0 spiro atoms. The zero-order valence-electron chi connectivity index (χ0n) is 15.1. The van der Waals surface area contributed by atoms with Crippen molar-refractivity contribution in [3.05, 3.63) is 59.4 Å². The Balaban J connectivity index is 1.80. The number of aromatic nitrogens is 1. The van der Waals surface area contributed by atoms with Crippen molar-refractivity contribution in [3.8, 4) is 0 Å². The van der Waals surface area contributed by atoms with Gasteiger partial charge in [0.15, 0.2) is 0 Å². The van der Waals surface area contributed by atoms with Crippen LogP contribution in [0, 0.1) is 5.41 Å². The summed E-state index contributed by atoms with van der Waals surface area (Å²) in [7, 11) is 0.